The predicted octanol–water partition coefficient (Wildman–Crippen LogP) is 1.86. The first-order valence-corrected chi connectivity index (χ1v) is 6.91. The molecule has 0 unspecified atom stereocenters. The maximum Gasteiger partial charge on any atom is 0.134 e. The fraction of sp³-hybridized carbons (Fsp3) is 0.714. The molecule has 10 heavy (non-hydrogen) atoms. The van der Waals surface area contributed by atoms with Crippen molar-refractivity contribution in [3.63, 3.8) is 0 Å². The van der Waals surface area contributed by atoms with Gasteiger partial charge >= 0.3 is 0 Å². The number of carbonyl (C=O) groups excluding carboxylic acids is 1. The van der Waals surface area contributed by atoms with Crippen molar-refractivity contribution in [2.24, 2.45) is 0 Å². The molecule has 0 aromatic carbocycles. The third-order valence-electron chi connectivity index (χ3n) is 1.33. The van der Waals surface area contributed by atoms with Gasteiger partial charge in [0.05, 0.1) is 8.07 Å². The fourth-order valence-electron chi connectivity index (χ4n) is 0.514. The van der Waals surface area contributed by atoms with Crippen molar-refractivity contribution in [1.82, 2.24) is 0 Å². The van der Waals surface area contributed by atoms with E-state index < -0.39 is 8.07 Å². The number of Topliss-reactive ketones (excluding diaryl/α,β-unsaturated/α-hetero) is 1. The molecule has 0 aliphatic heterocycles. The summed E-state index contributed by atoms with van der Waals surface area (Å²) in [5, 5.41) is 8.16. The Morgan fingerprint density at radius 1 is 1.40 bits per heavy atom. The Balaban J connectivity index is 3.99. The van der Waals surface area contributed by atoms with Crippen LogP contribution >= 0.6 is 0 Å². The summed E-state index contributed by atoms with van der Waals surface area (Å²) in [4.78, 5) is 10.6. The van der Waals surface area contributed by atoms with Crippen LogP contribution in [-0.2, 0) is 4.79 Å². The first-order valence-electron chi connectivity index (χ1n) is 3.41. The monoisotopic (exact) mass is 157 g/mol. The van der Waals surface area contributed by atoms with Crippen molar-refractivity contribution in [1.29, 1.82) is 5.41 Å². The predicted molar refractivity (Wildman–Crippen MR) is 46.4 cm³/mol. The van der Waals surface area contributed by atoms with E-state index in [4.69, 9.17) is 5.41 Å². The lowest BCUT2D eigenvalue weighted by molar-refractivity contribution is -0.115. The average molecular weight is 157 g/mol. The standard InChI is InChI=1S/C7H15NOSi/c1-6(9)5-7(8)10(2,3)4/h8H,5H2,1-4H3. The summed E-state index contributed by atoms with van der Waals surface area (Å²) in [6.07, 6.45) is 0.357. The Hall–Kier alpha value is -0.443. The zero-order valence-electron chi connectivity index (χ0n) is 7.12. The second-order valence-corrected chi connectivity index (χ2v) is 8.71. The van der Waals surface area contributed by atoms with Crippen LogP contribution in [0.15, 0.2) is 0 Å². The van der Waals surface area contributed by atoms with Gasteiger partial charge in [0.25, 0.3) is 0 Å². The molecule has 1 N–H and O–H groups in total. The second-order valence-electron chi connectivity index (χ2n) is 3.61. The van der Waals surface area contributed by atoms with Crippen LogP contribution in [0, 0.1) is 5.41 Å². The Morgan fingerprint density at radius 3 is 1.90 bits per heavy atom. The van der Waals surface area contributed by atoms with Crippen LogP contribution in [-0.4, -0.2) is 19.2 Å². The van der Waals surface area contributed by atoms with Crippen molar-refractivity contribution in [2.75, 3.05) is 0 Å². The molecule has 3 heteroatoms. The van der Waals surface area contributed by atoms with E-state index in [0.717, 1.165) is 0 Å². The van der Waals surface area contributed by atoms with Gasteiger partial charge in [0, 0.05) is 11.8 Å². The second kappa shape index (κ2) is 3.10. The van der Waals surface area contributed by atoms with E-state index in [0.29, 0.717) is 11.8 Å². The summed E-state index contributed by atoms with van der Waals surface area (Å²) in [7, 11) is -1.46. The number of ketones is 1. The maximum atomic E-state index is 10.6. The molecule has 0 amide bonds. The molecule has 0 saturated carbocycles. The molecule has 0 fully saturated rings. The van der Waals surface area contributed by atoms with Gasteiger partial charge in [-0.05, 0) is 6.92 Å². The normalized spacial score (nSPS) is 11.2. The number of hydrogen-bond donors (Lipinski definition) is 1. The SMILES string of the molecule is CC(=O)CC(=N)[Si](C)(C)C. The minimum Gasteiger partial charge on any atom is -0.314 e. The first kappa shape index (κ1) is 9.56. The summed E-state index contributed by atoms with van der Waals surface area (Å²) in [5.74, 6) is 0.104. The van der Waals surface area contributed by atoms with Crippen LogP contribution < -0.4 is 0 Å². The van der Waals surface area contributed by atoms with Crippen molar-refractivity contribution < 1.29 is 4.79 Å². The van der Waals surface area contributed by atoms with Crippen LogP contribution in [0.4, 0.5) is 0 Å². The van der Waals surface area contributed by atoms with Gasteiger partial charge in [-0.3, -0.25) is 4.79 Å². The highest BCUT2D eigenvalue weighted by Gasteiger charge is 2.20. The third-order valence-corrected chi connectivity index (χ3v) is 3.32. The molecule has 2 nitrogen and oxygen atoms in total. The largest absolute Gasteiger partial charge is 0.314 e. The maximum absolute atomic E-state index is 10.6. The fourth-order valence-corrected chi connectivity index (χ4v) is 1.29. The molecular formula is C7H15NOSi. The Kier molecular flexibility index (Phi) is 2.96. The lowest BCUT2D eigenvalue weighted by Crippen LogP contribution is -2.33. The lowest BCUT2D eigenvalue weighted by atomic mass is 10.3. The Bertz CT molecular complexity index is 157. The van der Waals surface area contributed by atoms with Gasteiger partial charge in [-0.2, -0.15) is 0 Å². The van der Waals surface area contributed by atoms with E-state index in [9.17, 15) is 4.79 Å². The molecule has 0 spiro atoms. The Labute approximate surface area is 63.2 Å². The van der Waals surface area contributed by atoms with Crippen LogP contribution in [0.2, 0.25) is 19.6 Å². The van der Waals surface area contributed by atoms with Gasteiger partial charge in [-0.15, -0.1) is 0 Å². The van der Waals surface area contributed by atoms with Crippen molar-refractivity contribution in [3.05, 3.63) is 0 Å². The number of nitrogens with one attached hydrogen (secondary N) is 1. The first-order chi connectivity index (χ1) is 4.34. The topological polar surface area (TPSA) is 40.9 Å². The molecular weight excluding hydrogens is 142 g/mol. The van der Waals surface area contributed by atoms with Gasteiger partial charge in [-0.25, -0.2) is 0 Å². The van der Waals surface area contributed by atoms with Gasteiger partial charge < -0.3 is 5.41 Å². The van der Waals surface area contributed by atoms with Gasteiger partial charge in [0.2, 0.25) is 0 Å². The molecule has 0 heterocycles. The lowest BCUT2D eigenvalue weighted by Gasteiger charge is -2.15. The van der Waals surface area contributed by atoms with Gasteiger partial charge in [0.1, 0.15) is 5.78 Å². The minimum atomic E-state index is -1.46. The summed E-state index contributed by atoms with van der Waals surface area (Å²) in [5.41, 5.74) is 0. The third kappa shape index (κ3) is 3.56. The highest BCUT2D eigenvalue weighted by molar-refractivity contribution is 7.04. The van der Waals surface area contributed by atoms with E-state index in [-0.39, 0.29) is 5.78 Å². The van der Waals surface area contributed by atoms with Gasteiger partial charge in [0.15, 0.2) is 0 Å². The van der Waals surface area contributed by atoms with Crippen molar-refractivity contribution in [2.45, 2.75) is 33.0 Å². The summed E-state index contributed by atoms with van der Waals surface area (Å²) in [6, 6.07) is 0. The van der Waals surface area contributed by atoms with E-state index in [1.165, 1.54) is 6.92 Å². The highest BCUT2D eigenvalue weighted by atomic mass is 28.3. The zero-order chi connectivity index (χ0) is 8.36. The van der Waals surface area contributed by atoms with Crippen molar-refractivity contribution >= 4 is 19.2 Å². The van der Waals surface area contributed by atoms with E-state index in [1.54, 1.807) is 0 Å². The molecule has 0 aliphatic rings. The molecule has 0 saturated heterocycles. The molecule has 58 valence electrons. The molecule has 0 aliphatic carbocycles. The Morgan fingerprint density at radius 2 is 1.80 bits per heavy atom. The minimum absolute atomic E-state index is 0.104. The molecule has 0 atom stereocenters. The molecule has 0 bridgehead atoms. The average Bonchev–Trinajstić information content (AvgIpc) is 1.60. The van der Waals surface area contributed by atoms with Crippen LogP contribution in [0.25, 0.3) is 0 Å². The van der Waals surface area contributed by atoms with Crippen LogP contribution in [0.3, 0.4) is 0 Å². The molecule has 0 aromatic heterocycles. The summed E-state index contributed by atoms with van der Waals surface area (Å²) < 4.78 is 0. The van der Waals surface area contributed by atoms with Crippen molar-refractivity contribution in [3.8, 4) is 0 Å². The molecule has 0 aromatic rings. The number of carbonyl (C=O) groups is 1. The van der Waals surface area contributed by atoms with E-state index in [1.807, 2.05) is 0 Å². The highest BCUT2D eigenvalue weighted by Crippen LogP contribution is 2.05. The molecule has 0 rings (SSSR count). The van der Waals surface area contributed by atoms with Gasteiger partial charge in [-0.1, -0.05) is 19.6 Å². The van der Waals surface area contributed by atoms with E-state index in [2.05, 4.69) is 19.6 Å². The summed E-state index contributed by atoms with van der Waals surface area (Å²) in [6.45, 7) is 7.78. The quantitative estimate of drug-likeness (QED) is 0.493. The zero-order valence-corrected chi connectivity index (χ0v) is 8.12. The number of hydrogen-bond acceptors (Lipinski definition) is 2. The molecule has 0 radical (unpaired) electrons. The summed E-state index contributed by atoms with van der Waals surface area (Å²) >= 11 is 0. The van der Waals surface area contributed by atoms with E-state index >= 15 is 0 Å². The van der Waals surface area contributed by atoms with Crippen LogP contribution in [0.5, 0.6) is 0 Å². The van der Waals surface area contributed by atoms with Crippen LogP contribution in [0.1, 0.15) is 13.3 Å². The number of rotatable bonds is 3. The smallest absolute Gasteiger partial charge is 0.134 e.